The van der Waals surface area contributed by atoms with E-state index in [1.165, 1.54) is 12.1 Å². The molecule has 0 bridgehead atoms. The third kappa shape index (κ3) is 3.26. The molecule has 2 aromatic carbocycles. The summed E-state index contributed by atoms with van der Waals surface area (Å²) in [6.45, 7) is 1.89. The van der Waals surface area contributed by atoms with Crippen molar-refractivity contribution in [3.05, 3.63) is 71.2 Å². The summed E-state index contributed by atoms with van der Waals surface area (Å²) in [5.74, 6) is -1.27. The van der Waals surface area contributed by atoms with E-state index < -0.39 is 5.97 Å². The average Bonchev–Trinajstić information content (AvgIpc) is 3.09. The van der Waals surface area contributed by atoms with E-state index in [4.69, 9.17) is 4.74 Å². The largest absolute Gasteiger partial charge is 0.452 e. The molecular weight excluding hydrogens is 347 g/mol. The van der Waals surface area contributed by atoms with Crippen molar-refractivity contribution in [1.82, 2.24) is 4.98 Å². The van der Waals surface area contributed by atoms with Gasteiger partial charge >= 0.3 is 5.97 Å². The Morgan fingerprint density at radius 1 is 1.19 bits per heavy atom. The second kappa shape index (κ2) is 6.79. The van der Waals surface area contributed by atoms with Crippen molar-refractivity contribution in [3.8, 4) is 0 Å². The lowest BCUT2D eigenvalue weighted by Gasteiger charge is -2.17. The summed E-state index contributed by atoms with van der Waals surface area (Å²) in [4.78, 5) is 30.8. The molecule has 0 aliphatic carbocycles. The van der Waals surface area contributed by atoms with E-state index >= 15 is 0 Å². The van der Waals surface area contributed by atoms with E-state index in [9.17, 15) is 14.0 Å². The highest BCUT2D eigenvalue weighted by Gasteiger charge is 2.25. The number of fused-ring (bicyclic) bond motifs is 2. The zero-order valence-corrected chi connectivity index (χ0v) is 14.7. The Labute approximate surface area is 155 Å². The Balaban J connectivity index is 1.48. The minimum atomic E-state index is -0.618. The molecule has 0 saturated carbocycles. The van der Waals surface area contributed by atoms with E-state index in [0.717, 1.165) is 17.7 Å². The molecule has 5 nitrogen and oxygen atoms in total. The number of carbonyl (C=O) groups is 2. The molecule has 1 aliphatic heterocycles. The smallest absolute Gasteiger partial charge is 0.340 e. The van der Waals surface area contributed by atoms with Gasteiger partial charge in [-0.15, -0.1) is 0 Å². The SMILES string of the molecule is Cc1nc2cc(F)ccc2cc1C(=O)OCC(=O)N1CCc2ccccc21. The second-order valence-electron chi connectivity index (χ2n) is 6.46. The van der Waals surface area contributed by atoms with Crippen LogP contribution in [0.2, 0.25) is 0 Å². The highest BCUT2D eigenvalue weighted by molar-refractivity contribution is 5.99. The first-order valence-corrected chi connectivity index (χ1v) is 8.65. The van der Waals surface area contributed by atoms with Crippen molar-refractivity contribution in [2.24, 2.45) is 0 Å². The molecule has 0 N–H and O–H groups in total. The minimum absolute atomic E-state index is 0.262. The summed E-state index contributed by atoms with van der Waals surface area (Å²) in [7, 11) is 0. The first kappa shape index (κ1) is 17.1. The number of aromatic nitrogens is 1. The zero-order valence-electron chi connectivity index (χ0n) is 14.7. The topological polar surface area (TPSA) is 59.5 Å². The van der Waals surface area contributed by atoms with Crippen molar-refractivity contribution < 1.29 is 18.7 Å². The van der Waals surface area contributed by atoms with Crippen LogP contribution < -0.4 is 4.90 Å². The molecule has 0 fully saturated rings. The standard InChI is InChI=1S/C21H17FN2O3/c1-13-17(10-15-6-7-16(22)11-18(15)23-13)21(26)27-12-20(25)24-9-8-14-4-2-3-5-19(14)24/h2-7,10-11H,8-9,12H2,1H3. The van der Waals surface area contributed by atoms with Crippen LogP contribution in [-0.2, 0) is 16.0 Å². The molecule has 6 heteroatoms. The lowest BCUT2D eigenvalue weighted by Crippen LogP contribution is -2.33. The Kier molecular flexibility index (Phi) is 4.32. The Hall–Kier alpha value is -3.28. The molecule has 1 aromatic heterocycles. The number of nitrogens with zero attached hydrogens (tertiary/aromatic N) is 2. The Morgan fingerprint density at radius 3 is 2.85 bits per heavy atom. The fourth-order valence-corrected chi connectivity index (χ4v) is 3.32. The van der Waals surface area contributed by atoms with Crippen LogP contribution in [0.15, 0.2) is 48.5 Å². The van der Waals surface area contributed by atoms with Gasteiger partial charge in [-0.2, -0.15) is 0 Å². The molecule has 1 amide bonds. The number of hydrogen-bond donors (Lipinski definition) is 0. The van der Waals surface area contributed by atoms with Gasteiger partial charge in [-0.3, -0.25) is 9.78 Å². The molecule has 3 aromatic rings. The molecule has 27 heavy (non-hydrogen) atoms. The van der Waals surface area contributed by atoms with Crippen molar-refractivity contribution >= 4 is 28.5 Å². The first-order chi connectivity index (χ1) is 13.0. The zero-order chi connectivity index (χ0) is 19.0. The number of para-hydroxylation sites is 1. The van der Waals surface area contributed by atoms with Gasteiger partial charge in [0.2, 0.25) is 0 Å². The fraction of sp³-hybridized carbons (Fsp3) is 0.190. The Morgan fingerprint density at radius 2 is 2.00 bits per heavy atom. The number of benzene rings is 2. The van der Waals surface area contributed by atoms with Crippen LogP contribution in [0.25, 0.3) is 10.9 Å². The van der Waals surface area contributed by atoms with E-state index in [2.05, 4.69) is 4.98 Å². The quantitative estimate of drug-likeness (QED) is 0.668. The van der Waals surface area contributed by atoms with Gasteiger partial charge in [-0.05, 0) is 43.2 Å². The third-order valence-electron chi connectivity index (χ3n) is 4.71. The van der Waals surface area contributed by atoms with Crippen molar-refractivity contribution in [2.45, 2.75) is 13.3 Å². The highest BCUT2D eigenvalue weighted by Crippen LogP contribution is 2.27. The van der Waals surface area contributed by atoms with Crippen LogP contribution in [-0.4, -0.2) is 30.0 Å². The van der Waals surface area contributed by atoms with Gasteiger partial charge in [0.05, 0.1) is 16.8 Å². The molecule has 136 valence electrons. The number of rotatable bonds is 3. The first-order valence-electron chi connectivity index (χ1n) is 8.65. The molecule has 0 unspecified atom stereocenters. The van der Waals surface area contributed by atoms with E-state index in [1.54, 1.807) is 24.0 Å². The maximum atomic E-state index is 13.3. The summed E-state index contributed by atoms with van der Waals surface area (Å²) in [6, 6.07) is 13.5. The van der Waals surface area contributed by atoms with Gasteiger partial charge in [0, 0.05) is 23.7 Å². The van der Waals surface area contributed by atoms with Gasteiger partial charge < -0.3 is 9.64 Å². The summed E-state index contributed by atoms with van der Waals surface area (Å²) >= 11 is 0. The normalized spacial score (nSPS) is 12.9. The van der Waals surface area contributed by atoms with Gasteiger partial charge in [0.25, 0.3) is 5.91 Å². The van der Waals surface area contributed by atoms with Crippen LogP contribution >= 0.6 is 0 Å². The molecule has 0 atom stereocenters. The predicted molar refractivity (Wildman–Crippen MR) is 99.2 cm³/mol. The average molecular weight is 364 g/mol. The third-order valence-corrected chi connectivity index (χ3v) is 4.71. The van der Waals surface area contributed by atoms with Crippen molar-refractivity contribution in [1.29, 1.82) is 0 Å². The lowest BCUT2D eigenvalue weighted by molar-refractivity contribution is -0.121. The number of anilines is 1. The Bertz CT molecular complexity index is 1060. The maximum absolute atomic E-state index is 13.3. The van der Waals surface area contributed by atoms with Crippen LogP contribution in [0.5, 0.6) is 0 Å². The number of amides is 1. The van der Waals surface area contributed by atoms with Crippen molar-refractivity contribution in [2.75, 3.05) is 18.1 Å². The molecule has 0 spiro atoms. The second-order valence-corrected chi connectivity index (χ2v) is 6.46. The van der Waals surface area contributed by atoms with Gasteiger partial charge in [0.1, 0.15) is 5.82 Å². The van der Waals surface area contributed by atoms with Crippen LogP contribution in [0.4, 0.5) is 10.1 Å². The summed E-state index contributed by atoms with van der Waals surface area (Å²) < 4.78 is 18.5. The van der Waals surface area contributed by atoms with Crippen LogP contribution in [0.1, 0.15) is 21.6 Å². The molecule has 0 saturated heterocycles. The van der Waals surface area contributed by atoms with E-state index in [-0.39, 0.29) is 23.9 Å². The molecule has 0 radical (unpaired) electrons. The van der Waals surface area contributed by atoms with Crippen molar-refractivity contribution in [3.63, 3.8) is 0 Å². The van der Waals surface area contributed by atoms with Crippen LogP contribution in [0, 0.1) is 12.7 Å². The van der Waals surface area contributed by atoms with Gasteiger partial charge in [0.15, 0.2) is 6.61 Å². The van der Waals surface area contributed by atoms with E-state index in [0.29, 0.717) is 23.1 Å². The minimum Gasteiger partial charge on any atom is -0.452 e. The number of ether oxygens (including phenoxy) is 1. The van der Waals surface area contributed by atoms with Gasteiger partial charge in [-0.1, -0.05) is 18.2 Å². The maximum Gasteiger partial charge on any atom is 0.340 e. The molecular formula is C21H17FN2O3. The lowest BCUT2D eigenvalue weighted by atomic mass is 10.1. The highest BCUT2D eigenvalue weighted by atomic mass is 19.1. The van der Waals surface area contributed by atoms with E-state index in [1.807, 2.05) is 24.3 Å². The monoisotopic (exact) mass is 364 g/mol. The van der Waals surface area contributed by atoms with Crippen LogP contribution in [0.3, 0.4) is 0 Å². The number of carbonyl (C=O) groups excluding carboxylic acids is 2. The summed E-state index contributed by atoms with van der Waals surface area (Å²) in [5, 5.41) is 0.633. The molecule has 4 rings (SSSR count). The number of esters is 1. The predicted octanol–water partition coefficient (Wildman–Crippen LogP) is 3.43. The summed E-state index contributed by atoms with van der Waals surface area (Å²) in [5.41, 5.74) is 3.14. The number of pyridine rings is 1. The number of hydrogen-bond acceptors (Lipinski definition) is 4. The fourth-order valence-electron chi connectivity index (χ4n) is 3.32. The molecule has 2 heterocycles. The summed E-state index contributed by atoms with van der Waals surface area (Å²) in [6.07, 6.45) is 0.792. The number of halogens is 1. The molecule has 1 aliphatic rings. The number of aryl methyl sites for hydroxylation is 1. The van der Waals surface area contributed by atoms with Gasteiger partial charge in [-0.25, -0.2) is 9.18 Å².